The predicted octanol–water partition coefficient (Wildman–Crippen LogP) is -0.247. The molecule has 0 saturated carbocycles. The van der Waals surface area contributed by atoms with Crippen molar-refractivity contribution in [3.05, 3.63) is 0 Å². The van der Waals surface area contributed by atoms with Crippen molar-refractivity contribution >= 4 is 11.9 Å². The Balaban J connectivity index is 3.79. The second-order valence-electron chi connectivity index (χ2n) is 4.13. The first-order valence-corrected chi connectivity index (χ1v) is 5.01. The number of nitrogens with one attached hydrogen (secondary N) is 1. The minimum Gasteiger partial charge on any atom is -0.479 e. The molecule has 0 aliphatic rings. The maximum absolute atomic E-state index is 11.3. The van der Waals surface area contributed by atoms with Gasteiger partial charge in [-0.1, -0.05) is 0 Å². The molecule has 0 bridgehead atoms. The van der Waals surface area contributed by atoms with Crippen molar-refractivity contribution in [1.29, 1.82) is 0 Å². The Hall–Kier alpha value is -1.14. The molecule has 3 N–H and O–H groups in total. The number of carbonyl (C=O) groups is 2. The van der Waals surface area contributed by atoms with Gasteiger partial charge >= 0.3 is 5.97 Å². The van der Waals surface area contributed by atoms with E-state index in [0.29, 0.717) is 0 Å². The highest BCUT2D eigenvalue weighted by molar-refractivity contribution is 5.77. The molecule has 1 atom stereocenters. The van der Waals surface area contributed by atoms with E-state index >= 15 is 0 Å². The molecule has 16 heavy (non-hydrogen) atoms. The number of hydrogen-bond donors (Lipinski definition) is 3. The summed E-state index contributed by atoms with van der Waals surface area (Å²) in [7, 11) is 1.52. The molecule has 0 saturated heterocycles. The van der Waals surface area contributed by atoms with Crippen LogP contribution in [0.5, 0.6) is 0 Å². The van der Waals surface area contributed by atoms with Crippen LogP contribution in [0.1, 0.15) is 26.7 Å². The second kappa shape index (κ2) is 6.44. The van der Waals surface area contributed by atoms with Crippen molar-refractivity contribution in [2.45, 2.75) is 38.4 Å². The monoisotopic (exact) mass is 233 g/mol. The molecule has 0 fully saturated rings. The SMILES string of the molecule is COC(C)(C)CC(=O)NCC[C@H](O)C(=O)O. The third kappa shape index (κ3) is 6.36. The van der Waals surface area contributed by atoms with E-state index in [9.17, 15) is 9.59 Å². The van der Waals surface area contributed by atoms with Gasteiger partial charge in [-0.15, -0.1) is 0 Å². The molecule has 0 aromatic heterocycles. The minimum absolute atomic E-state index is 0.00547. The number of hydrogen-bond acceptors (Lipinski definition) is 4. The van der Waals surface area contributed by atoms with Gasteiger partial charge in [-0.2, -0.15) is 0 Å². The number of methoxy groups -OCH3 is 1. The Morgan fingerprint density at radius 3 is 2.44 bits per heavy atom. The lowest BCUT2D eigenvalue weighted by Gasteiger charge is -2.21. The molecule has 1 amide bonds. The lowest BCUT2D eigenvalue weighted by Crippen LogP contribution is -2.35. The van der Waals surface area contributed by atoms with Crippen LogP contribution < -0.4 is 5.32 Å². The standard InChI is InChI=1S/C10H19NO5/c1-10(2,16-3)6-8(13)11-5-4-7(12)9(14)15/h7,12H,4-6H2,1-3H3,(H,11,13)(H,14,15)/t7-/m0/s1. The molecule has 6 nitrogen and oxygen atoms in total. The van der Waals surface area contributed by atoms with Crippen molar-refractivity contribution < 1.29 is 24.5 Å². The third-order valence-electron chi connectivity index (χ3n) is 2.16. The average molecular weight is 233 g/mol. The zero-order valence-corrected chi connectivity index (χ0v) is 9.82. The quantitative estimate of drug-likeness (QED) is 0.563. The Bertz CT molecular complexity index is 252. The number of carbonyl (C=O) groups excluding carboxylic acids is 1. The van der Waals surface area contributed by atoms with Gasteiger partial charge in [0.1, 0.15) is 0 Å². The van der Waals surface area contributed by atoms with Crippen LogP contribution in [0.4, 0.5) is 0 Å². The first-order chi connectivity index (χ1) is 7.28. The number of aliphatic hydroxyl groups excluding tert-OH is 1. The first-order valence-electron chi connectivity index (χ1n) is 5.01. The van der Waals surface area contributed by atoms with Crippen LogP contribution >= 0.6 is 0 Å². The molecular weight excluding hydrogens is 214 g/mol. The van der Waals surface area contributed by atoms with Crippen LogP contribution in [0.3, 0.4) is 0 Å². The number of carboxylic acid groups (broad SMARTS) is 1. The lowest BCUT2D eigenvalue weighted by molar-refractivity contribution is -0.147. The van der Waals surface area contributed by atoms with E-state index in [1.165, 1.54) is 7.11 Å². The van der Waals surface area contributed by atoms with Crippen molar-refractivity contribution in [3.63, 3.8) is 0 Å². The van der Waals surface area contributed by atoms with Crippen LogP contribution in [0.15, 0.2) is 0 Å². The fraction of sp³-hybridized carbons (Fsp3) is 0.800. The summed E-state index contributed by atoms with van der Waals surface area (Å²) in [5.74, 6) is -1.52. The topological polar surface area (TPSA) is 95.9 Å². The molecule has 0 heterocycles. The number of amides is 1. The summed E-state index contributed by atoms with van der Waals surface area (Å²) in [6, 6.07) is 0. The van der Waals surface area contributed by atoms with Gasteiger partial charge < -0.3 is 20.3 Å². The van der Waals surface area contributed by atoms with E-state index in [0.717, 1.165) is 0 Å². The van der Waals surface area contributed by atoms with E-state index < -0.39 is 17.7 Å². The number of aliphatic hydroxyl groups is 1. The Morgan fingerprint density at radius 1 is 1.44 bits per heavy atom. The summed E-state index contributed by atoms with van der Waals surface area (Å²) in [4.78, 5) is 21.6. The number of aliphatic carboxylic acids is 1. The van der Waals surface area contributed by atoms with Crippen molar-refractivity contribution in [2.75, 3.05) is 13.7 Å². The Labute approximate surface area is 94.6 Å². The van der Waals surface area contributed by atoms with Gasteiger partial charge in [0.05, 0.1) is 12.0 Å². The van der Waals surface area contributed by atoms with E-state index in [1.807, 2.05) is 0 Å². The number of carboxylic acids is 1. The molecule has 6 heteroatoms. The summed E-state index contributed by atoms with van der Waals surface area (Å²) in [5.41, 5.74) is -0.546. The van der Waals surface area contributed by atoms with E-state index in [4.69, 9.17) is 14.9 Å². The Morgan fingerprint density at radius 2 is 2.00 bits per heavy atom. The molecule has 0 aromatic rings. The highest BCUT2D eigenvalue weighted by Crippen LogP contribution is 2.12. The van der Waals surface area contributed by atoms with Crippen molar-refractivity contribution in [1.82, 2.24) is 5.32 Å². The van der Waals surface area contributed by atoms with E-state index in [-0.39, 0.29) is 25.3 Å². The zero-order valence-electron chi connectivity index (χ0n) is 9.82. The van der Waals surface area contributed by atoms with Crippen LogP contribution in [0.2, 0.25) is 0 Å². The van der Waals surface area contributed by atoms with Crippen molar-refractivity contribution in [2.24, 2.45) is 0 Å². The second-order valence-corrected chi connectivity index (χ2v) is 4.13. The molecule has 0 unspecified atom stereocenters. The highest BCUT2D eigenvalue weighted by atomic mass is 16.5. The maximum Gasteiger partial charge on any atom is 0.332 e. The van der Waals surface area contributed by atoms with Gasteiger partial charge in [0.2, 0.25) is 5.91 Å². The van der Waals surface area contributed by atoms with Gasteiger partial charge in [0.25, 0.3) is 0 Å². The molecule has 94 valence electrons. The van der Waals surface area contributed by atoms with Gasteiger partial charge in [0, 0.05) is 20.1 Å². The van der Waals surface area contributed by atoms with Crippen LogP contribution in [0, 0.1) is 0 Å². The summed E-state index contributed by atoms with van der Waals surface area (Å²) in [5, 5.41) is 19.8. The van der Waals surface area contributed by atoms with Crippen LogP contribution in [-0.4, -0.2) is 47.4 Å². The summed E-state index contributed by atoms with van der Waals surface area (Å²) in [6.45, 7) is 3.68. The smallest absolute Gasteiger partial charge is 0.332 e. The summed E-state index contributed by atoms with van der Waals surface area (Å²) in [6.07, 6.45) is -1.25. The molecule has 0 radical (unpaired) electrons. The summed E-state index contributed by atoms with van der Waals surface area (Å²) < 4.78 is 5.07. The van der Waals surface area contributed by atoms with E-state index in [1.54, 1.807) is 13.8 Å². The minimum atomic E-state index is -1.43. The predicted molar refractivity (Wildman–Crippen MR) is 57.0 cm³/mol. The maximum atomic E-state index is 11.3. The Kier molecular flexibility index (Phi) is 5.98. The normalized spacial score (nSPS) is 13.2. The fourth-order valence-electron chi connectivity index (χ4n) is 0.993. The number of rotatable bonds is 7. The molecule has 0 aromatic carbocycles. The van der Waals surface area contributed by atoms with Gasteiger partial charge in [0.15, 0.2) is 6.10 Å². The molecule has 0 aliphatic heterocycles. The molecule has 0 aliphatic carbocycles. The molecular formula is C10H19NO5. The largest absolute Gasteiger partial charge is 0.479 e. The summed E-state index contributed by atoms with van der Waals surface area (Å²) >= 11 is 0. The van der Waals surface area contributed by atoms with Crippen LogP contribution in [-0.2, 0) is 14.3 Å². The number of ether oxygens (including phenoxy) is 1. The van der Waals surface area contributed by atoms with Gasteiger partial charge in [-0.25, -0.2) is 4.79 Å². The van der Waals surface area contributed by atoms with Gasteiger partial charge in [-0.05, 0) is 13.8 Å². The zero-order chi connectivity index (χ0) is 12.8. The van der Waals surface area contributed by atoms with Crippen LogP contribution in [0.25, 0.3) is 0 Å². The van der Waals surface area contributed by atoms with Gasteiger partial charge in [-0.3, -0.25) is 4.79 Å². The van der Waals surface area contributed by atoms with Crippen molar-refractivity contribution in [3.8, 4) is 0 Å². The molecule has 0 spiro atoms. The highest BCUT2D eigenvalue weighted by Gasteiger charge is 2.21. The molecule has 0 rings (SSSR count). The van der Waals surface area contributed by atoms with E-state index in [2.05, 4.69) is 5.32 Å². The average Bonchev–Trinajstić information content (AvgIpc) is 2.16. The third-order valence-corrected chi connectivity index (χ3v) is 2.16. The lowest BCUT2D eigenvalue weighted by atomic mass is 10.0. The fourth-order valence-corrected chi connectivity index (χ4v) is 0.993. The first kappa shape index (κ1) is 14.9.